The maximum absolute atomic E-state index is 12.5. The molecule has 1 fully saturated rings. The number of piperidine rings is 1. The van der Waals surface area contributed by atoms with Crippen LogP contribution in [0.15, 0.2) is 17.1 Å². The van der Waals surface area contributed by atoms with Gasteiger partial charge in [0.25, 0.3) is 5.56 Å². The highest BCUT2D eigenvalue weighted by molar-refractivity contribution is 7.22. The highest BCUT2D eigenvalue weighted by atomic mass is 32.1. The van der Waals surface area contributed by atoms with Gasteiger partial charge in [0, 0.05) is 16.1 Å². The topological polar surface area (TPSA) is 77.7 Å². The van der Waals surface area contributed by atoms with E-state index in [4.69, 9.17) is 4.98 Å². The molecule has 132 valence electrons. The van der Waals surface area contributed by atoms with Gasteiger partial charge in [0.15, 0.2) is 0 Å². The molecule has 2 N–H and O–H groups in total. The van der Waals surface area contributed by atoms with Gasteiger partial charge in [0.2, 0.25) is 0 Å². The molecule has 1 aliphatic rings. The molecule has 1 aliphatic heterocycles. The van der Waals surface area contributed by atoms with E-state index in [0.717, 1.165) is 53.0 Å². The van der Waals surface area contributed by atoms with Gasteiger partial charge in [0.05, 0.1) is 18.3 Å². The molecule has 0 aromatic carbocycles. The summed E-state index contributed by atoms with van der Waals surface area (Å²) in [6, 6.07) is 2.00. The summed E-state index contributed by atoms with van der Waals surface area (Å²) in [5, 5.41) is 7.01. The predicted octanol–water partition coefficient (Wildman–Crippen LogP) is 3.31. The summed E-state index contributed by atoms with van der Waals surface area (Å²) >= 11 is 1.47. The number of hydrogen-bond acceptors (Lipinski definition) is 5. The summed E-state index contributed by atoms with van der Waals surface area (Å²) in [7, 11) is 0. The number of aromatic nitrogens is 4. The maximum Gasteiger partial charge on any atom is 0.268 e. The SMILES string of the molecule is CCC1CCN(Cc2nc3cc(-c4cn[nH]c4C)sc3c(=O)[nH]2)CC1. The van der Waals surface area contributed by atoms with Crippen molar-refractivity contribution in [3.05, 3.63) is 34.1 Å². The summed E-state index contributed by atoms with van der Waals surface area (Å²) in [6.45, 7) is 7.14. The fraction of sp³-hybridized carbons (Fsp3) is 0.500. The first-order valence-electron chi connectivity index (χ1n) is 8.89. The molecule has 3 aromatic heterocycles. The number of aryl methyl sites for hydroxylation is 1. The Bertz CT molecular complexity index is 932. The smallest absolute Gasteiger partial charge is 0.268 e. The molecule has 0 bridgehead atoms. The van der Waals surface area contributed by atoms with Crippen molar-refractivity contribution in [2.75, 3.05) is 13.1 Å². The number of aromatic amines is 2. The zero-order valence-corrected chi connectivity index (χ0v) is 15.4. The van der Waals surface area contributed by atoms with Crippen LogP contribution in [0.3, 0.4) is 0 Å². The van der Waals surface area contributed by atoms with Crippen LogP contribution in [0, 0.1) is 12.8 Å². The van der Waals surface area contributed by atoms with E-state index in [9.17, 15) is 4.79 Å². The first-order valence-corrected chi connectivity index (χ1v) is 9.71. The van der Waals surface area contributed by atoms with Crippen LogP contribution in [0.2, 0.25) is 0 Å². The summed E-state index contributed by atoms with van der Waals surface area (Å²) in [5.41, 5.74) is 2.77. The maximum atomic E-state index is 12.5. The van der Waals surface area contributed by atoms with Crippen molar-refractivity contribution < 1.29 is 0 Å². The number of likely N-dealkylation sites (tertiary alicyclic amines) is 1. The van der Waals surface area contributed by atoms with Gasteiger partial charge in [-0.15, -0.1) is 11.3 Å². The Kier molecular flexibility index (Phi) is 4.43. The number of rotatable bonds is 4. The van der Waals surface area contributed by atoms with Gasteiger partial charge in [-0.3, -0.25) is 14.8 Å². The molecular formula is C18H23N5OS. The van der Waals surface area contributed by atoms with Crippen molar-refractivity contribution in [1.29, 1.82) is 0 Å². The van der Waals surface area contributed by atoms with Crippen molar-refractivity contribution >= 4 is 21.6 Å². The number of fused-ring (bicyclic) bond motifs is 1. The van der Waals surface area contributed by atoms with Crippen molar-refractivity contribution in [3.8, 4) is 10.4 Å². The van der Waals surface area contributed by atoms with Gasteiger partial charge in [-0.2, -0.15) is 5.10 Å². The minimum absolute atomic E-state index is 0.0409. The second-order valence-corrected chi connectivity index (χ2v) is 7.93. The lowest BCUT2D eigenvalue weighted by molar-refractivity contribution is 0.171. The van der Waals surface area contributed by atoms with E-state index in [1.54, 1.807) is 6.20 Å². The number of nitrogens with one attached hydrogen (secondary N) is 2. The molecule has 7 heteroatoms. The zero-order chi connectivity index (χ0) is 17.4. The van der Waals surface area contributed by atoms with Gasteiger partial charge < -0.3 is 4.98 Å². The number of H-pyrrole nitrogens is 2. The van der Waals surface area contributed by atoms with E-state index in [2.05, 4.69) is 27.0 Å². The Labute approximate surface area is 150 Å². The molecule has 0 aliphatic carbocycles. The van der Waals surface area contributed by atoms with Crippen LogP contribution in [0.1, 0.15) is 37.7 Å². The van der Waals surface area contributed by atoms with Crippen molar-refractivity contribution in [3.63, 3.8) is 0 Å². The van der Waals surface area contributed by atoms with Gasteiger partial charge >= 0.3 is 0 Å². The molecule has 1 saturated heterocycles. The third kappa shape index (κ3) is 3.26. The summed E-state index contributed by atoms with van der Waals surface area (Å²) in [4.78, 5) is 23.6. The first-order chi connectivity index (χ1) is 12.1. The third-order valence-corrected chi connectivity index (χ3v) is 6.34. The van der Waals surface area contributed by atoms with Crippen molar-refractivity contribution in [2.45, 2.75) is 39.7 Å². The monoisotopic (exact) mass is 357 g/mol. The van der Waals surface area contributed by atoms with Crippen LogP contribution in [0.4, 0.5) is 0 Å². The lowest BCUT2D eigenvalue weighted by Gasteiger charge is -2.30. The Morgan fingerprint density at radius 1 is 1.36 bits per heavy atom. The normalized spacial score (nSPS) is 16.7. The van der Waals surface area contributed by atoms with Crippen LogP contribution in [-0.4, -0.2) is 38.2 Å². The summed E-state index contributed by atoms with van der Waals surface area (Å²) < 4.78 is 0.684. The van der Waals surface area contributed by atoms with Crippen molar-refractivity contribution in [2.24, 2.45) is 5.92 Å². The molecule has 4 heterocycles. The minimum Gasteiger partial charge on any atom is -0.308 e. The second-order valence-electron chi connectivity index (χ2n) is 6.87. The fourth-order valence-electron chi connectivity index (χ4n) is 3.56. The van der Waals surface area contributed by atoms with Crippen LogP contribution in [0.5, 0.6) is 0 Å². The largest absolute Gasteiger partial charge is 0.308 e. The van der Waals surface area contributed by atoms with E-state index in [-0.39, 0.29) is 5.56 Å². The van der Waals surface area contributed by atoms with Crippen LogP contribution >= 0.6 is 11.3 Å². The molecule has 0 atom stereocenters. The van der Waals surface area contributed by atoms with Crippen LogP contribution in [0.25, 0.3) is 20.7 Å². The Hall–Kier alpha value is -1.99. The lowest BCUT2D eigenvalue weighted by Crippen LogP contribution is -2.34. The first kappa shape index (κ1) is 16.5. The molecule has 6 nitrogen and oxygen atoms in total. The average Bonchev–Trinajstić information content (AvgIpc) is 3.21. The highest BCUT2D eigenvalue weighted by Crippen LogP contribution is 2.32. The molecule has 0 unspecified atom stereocenters. The van der Waals surface area contributed by atoms with E-state index in [1.807, 2.05) is 13.0 Å². The molecule has 0 spiro atoms. The summed E-state index contributed by atoms with van der Waals surface area (Å²) in [5.74, 6) is 1.61. The fourth-order valence-corrected chi connectivity index (χ4v) is 4.62. The number of hydrogen-bond donors (Lipinski definition) is 2. The summed E-state index contributed by atoms with van der Waals surface area (Å²) in [6.07, 6.45) is 5.55. The van der Waals surface area contributed by atoms with E-state index < -0.39 is 0 Å². The van der Waals surface area contributed by atoms with Crippen molar-refractivity contribution in [1.82, 2.24) is 25.1 Å². The Morgan fingerprint density at radius 2 is 2.16 bits per heavy atom. The Balaban J connectivity index is 1.59. The number of nitrogens with zero attached hydrogens (tertiary/aromatic N) is 3. The van der Waals surface area contributed by atoms with Gasteiger partial charge in [-0.1, -0.05) is 13.3 Å². The predicted molar refractivity (Wildman–Crippen MR) is 101 cm³/mol. The third-order valence-electron chi connectivity index (χ3n) is 5.19. The second kappa shape index (κ2) is 6.72. The molecule has 25 heavy (non-hydrogen) atoms. The Morgan fingerprint density at radius 3 is 2.84 bits per heavy atom. The lowest BCUT2D eigenvalue weighted by atomic mass is 9.94. The molecule has 3 aromatic rings. The molecule has 0 radical (unpaired) electrons. The molecule has 0 saturated carbocycles. The van der Waals surface area contributed by atoms with Crippen LogP contribution in [-0.2, 0) is 6.54 Å². The molecular weight excluding hydrogens is 334 g/mol. The van der Waals surface area contributed by atoms with Crippen LogP contribution < -0.4 is 5.56 Å². The molecule has 4 rings (SSSR count). The highest BCUT2D eigenvalue weighted by Gasteiger charge is 2.19. The molecule has 0 amide bonds. The zero-order valence-electron chi connectivity index (χ0n) is 14.6. The minimum atomic E-state index is -0.0409. The number of thiophene rings is 1. The quantitative estimate of drug-likeness (QED) is 0.751. The van der Waals surface area contributed by atoms with Gasteiger partial charge in [-0.25, -0.2) is 4.98 Å². The van der Waals surface area contributed by atoms with E-state index in [1.165, 1.54) is 30.6 Å². The van der Waals surface area contributed by atoms with E-state index in [0.29, 0.717) is 4.70 Å². The van der Waals surface area contributed by atoms with Gasteiger partial charge in [-0.05, 0) is 44.8 Å². The average molecular weight is 357 g/mol. The van der Waals surface area contributed by atoms with Gasteiger partial charge in [0.1, 0.15) is 10.5 Å². The standard InChI is InChI=1S/C18H23N5OS/c1-3-12-4-6-23(7-5-12)10-16-20-14-8-15(13-9-19-22-11(13)2)25-17(14)18(24)21-16/h8-9,12H,3-7,10H2,1-2H3,(H,19,22)(H,20,21,24). The van der Waals surface area contributed by atoms with E-state index >= 15 is 0 Å².